The van der Waals surface area contributed by atoms with Crippen LogP contribution in [-0.2, 0) is 11.1 Å². The molecule has 0 aromatic heterocycles. The van der Waals surface area contributed by atoms with Gasteiger partial charge in [0.2, 0.25) is 0 Å². The van der Waals surface area contributed by atoms with E-state index in [1.165, 1.54) is 0 Å². The first-order valence-corrected chi connectivity index (χ1v) is 7.79. The van der Waals surface area contributed by atoms with Crippen LogP contribution < -0.4 is 4.90 Å². The molecule has 0 aliphatic rings. The van der Waals surface area contributed by atoms with Gasteiger partial charge in [0.15, 0.2) is 11.1 Å². The fraction of sp³-hybridized carbons (Fsp3) is 0.571. The molecule has 0 aliphatic carbocycles. The van der Waals surface area contributed by atoms with Crippen LogP contribution in [0.4, 0.5) is 5.69 Å². The zero-order valence-corrected chi connectivity index (χ0v) is 12.0. The lowest BCUT2D eigenvalue weighted by Gasteiger charge is -2.30. The van der Waals surface area contributed by atoms with Gasteiger partial charge in [-0.05, 0) is 25.5 Å². The third-order valence-electron chi connectivity index (χ3n) is 3.06. The van der Waals surface area contributed by atoms with E-state index in [4.69, 9.17) is 0 Å². The number of para-hydroxylation sites is 1. The second-order valence-electron chi connectivity index (χ2n) is 4.35. The van der Waals surface area contributed by atoms with Crippen molar-refractivity contribution in [3.05, 3.63) is 30.3 Å². The molecule has 0 saturated heterocycles. The van der Waals surface area contributed by atoms with Crippen LogP contribution >= 0.6 is 0 Å². The Morgan fingerprint density at radius 3 is 2.39 bits per heavy atom. The SMILES string of the molecule is CCCCCC(N(CC)c1ccccc1)S(=O)O. The molecule has 0 heterocycles. The van der Waals surface area contributed by atoms with E-state index < -0.39 is 11.1 Å². The van der Waals surface area contributed by atoms with E-state index in [1.807, 2.05) is 42.2 Å². The van der Waals surface area contributed by atoms with E-state index in [0.717, 1.165) is 37.9 Å². The van der Waals surface area contributed by atoms with Crippen molar-refractivity contribution in [2.75, 3.05) is 11.4 Å². The molecule has 102 valence electrons. The predicted octanol–water partition coefficient (Wildman–Crippen LogP) is 3.64. The summed E-state index contributed by atoms with van der Waals surface area (Å²) in [4.78, 5) is 2.02. The van der Waals surface area contributed by atoms with E-state index in [1.54, 1.807) is 0 Å². The van der Waals surface area contributed by atoms with Gasteiger partial charge in [-0.15, -0.1) is 0 Å². The van der Waals surface area contributed by atoms with Gasteiger partial charge in [0.25, 0.3) is 0 Å². The number of nitrogens with zero attached hydrogens (tertiary/aromatic N) is 1. The molecule has 1 aromatic rings. The van der Waals surface area contributed by atoms with Crippen LogP contribution in [-0.4, -0.2) is 20.7 Å². The maximum Gasteiger partial charge on any atom is 0.176 e. The number of rotatable bonds is 8. The van der Waals surface area contributed by atoms with Crippen molar-refractivity contribution in [1.29, 1.82) is 0 Å². The minimum Gasteiger partial charge on any atom is -0.355 e. The summed E-state index contributed by atoms with van der Waals surface area (Å²) in [5.74, 6) is 0. The number of unbranched alkanes of at least 4 members (excludes halogenated alkanes) is 2. The molecular weight excluding hydrogens is 246 g/mol. The smallest absolute Gasteiger partial charge is 0.176 e. The molecule has 0 fully saturated rings. The summed E-state index contributed by atoms with van der Waals surface area (Å²) in [6, 6.07) is 9.86. The van der Waals surface area contributed by atoms with Gasteiger partial charge in [0.05, 0.1) is 0 Å². The van der Waals surface area contributed by atoms with Gasteiger partial charge >= 0.3 is 0 Å². The molecule has 0 saturated carbocycles. The minimum absolute atomic E-state index is 0.302. The first-order chi connectivity index (χ1) is 8.70. The summed E-state index contributed by atoms with van der Waals surface area (Å²) >= 11 is -1.81. The van der Waals surface area contributed by atoms with E-state index in [-0.39, 0.29) is 5.37 Å². The Morgan fingerprint density at radius 2 is 1.89 bits per heavy atom. The summed E-state index contributed by atoms with van der Waals surface area (Å²) in [6.45, 7) is 4.90. The molecule has 2 unspecified atom stereocenters. The zero-order valence-electron chi connectivity index (χ0n) is 11.2. The molecule has 0 aliphatic heterocycles. The fourth-order valence-corrected chi connectivity index (χ4v) is 2.96. The van der Waals surface area contributed by atoms with Gasteiger partial charge in [-0.1, -0.05) is 44.4 Å². The fourth-order valence-electron chi connectivity index (χ4n) is 2.11. The first kappa shape index (κ1) is 15.2. The highest BCUT2D eigenvalue weighted by molar-refractivity contribution is 7.80. The Bertz CT molecular complexity index is 356. The molecule has 0 amide bonds. The van der Waals surface area contributed by atoms with Gasteiger partial charge in [0.1, 0.15) is 5.37 Å². The Kier molecular flexibility index (Phi) is 6.98. The van der Waals surface area contributed by atoms with E-state index >= 15 is 0 Å². The summed E-state index contributed by atoms with van der Waals surface area (Å²) in [5, 5.41) is -0.302. The van der Waals surface area contributed by atoms with Crippen molar-refractivity contribution in [3.8, 4) is 0 Å². The minimum atomic E-state index is -1.81. The van der Waals surface area contributed by atoms with E-state index in [0.29, 0.717) is 0 Å². The standard InChI is InChI=1S/C14H23NO2S/c1-3-5-7-12-14(18(16)17)15(4-2)13-10-8-6-9-11-13/h6,8-11,14H,3-5,7,12H2,1-2H3,(H,16,17). The topological polar surface area (TPSA) is 40.5 Å². The Morgan fingerprint density at radius 1 is 1.22 bits per heavy atom. The van der Waals surface area contributed by atoms with Crippen molar-refractivity contribution >= 4 is 16.8 Å². The second-order valence-corrected chi connectivity index (χ2v) is 5.44. The van der Waals surface area contributed by atoms with Gasteiger partial charge in [-0.3, -0.25) is 0 Å². The number of hydrogen-bond donors (Lipinski definition) is 1. The molecule has 18 heavy (non-hydrogen) atoms. The third-order valence-corrected chi connectivity index (χ3v) is 4.02. The summed E-state index contributed by atoms with van der Waals surface area (Å²) in [7, 11) is 0. The Labute approximate surface area is 112 Å². The first-order valence-electron chi connectivity index (χ1n) is 6.62. The molecule has 1 N–H and O–H groups in total. The van der Waals surface area contributed by atoms with Crippen molar-refractivity contribution < 1.29 is 8.76 Å². The molecule has 2 atom stereocenters. The lowest BCUT2D eigenvalue weighted by molar-refractivity contribution is 0.522. The van der Waals surface area contributed by atoms with Crippen LogP contribution in [0.15, 0.2) is 30.3 Å². The van der Waals surface area contributed by atoms with Gasteiger partial charge in [-0.2, -0.15) is 0 Å². The van der Waals surface area contributed by atoms with Crippen LogP contribution in [0.2, 0.25) is 0 Å². The van der Waals surface area contributed by atoms with Crippen molar-refractivity contribution in [3.63, 3.8) is 0 Å². The third kappa shape index (κ3) is 4.42. The van der Waals surface area contributed by atoms with E-state index in [2.05, 4.69) is 6.92 Å². The highest BCUT2D eigenvalue weighted by atomic mass is 32.2. The molecule has 1 rings (SSSR count). The predicted molar refractivity (Wildman–Crippen MR) is 78.2 cm³/mol. The highest BCUT2D eigenvalue weighted by Gasteiger charge is 2.22. The molecule has 3 nitrogen and oxygen atoms in total. The summed E-state index contributed by atoms with van der Waals surface area (Å²) in [5.41, 5.74) is 1.02. The van der Waals surface area contributed by atoms with Gasteiger partial charge in [0, 0.05) is 12.2 Å². The second kappa shape index (κ2) is 8.27. The van der Waals surface area contributed by atoms with Crippen LogP contribution in [0.25, 0.3) is 0 Å². The highest BCUT2D eigenvalue weighted by Crippen LogP contribution is 2.21. The number of benzene rings is 1. The maximum absolute atomic E-state index is 11.5. The monoisotopic (exact) mass is 269 g/mol. The van der Waals surface area contributed by atoms with Crippen molar-refractivity contribution in [2.24, 2.45) is 0 Å². The zero-order chi connectivity index (χ0) is 13.4. The normalized spacial score (nSPS) is 14.2. The van der Waals surface area contributed by atoms with Gasteiger partial charge in [-0.25, -0.2) is 4.21 Å². The van der Waals surface area contributed by atoms with Crippen LogP contribution in [0, 0.1) is 0 Å². The summed E-state index contributed by atoms with van der Waals surface area (Å²) in [6.07, 6.45) is 4.00. The number of hydrogen-bond acceptors (Lipinski definition) is 2. The average Bonchev–Trinajstić information content (AvgIpc) is 2.39. The van der Waals surface area contributed by atoms with Crippen LogP contribution in [0.5, 0.6) is 0 Å². The molecule has 0 radical (unpaired) electrons. The van der Waals surface area contributed by atoms with Crippen LogP contribution in [0.1, 0.15) is 39.5 Å². The molecule has 1 aromatic carbocycles. The summed E-state index contributed by atoms with van der Waals surface area (Å²) < 4.78 is 21.0. The lowest BCUT2D eigenvalue weighted by atomic mass is 10.2. The maximum atomic E-state index is 11.5. The molecule has 4 heteroatoms. The molecule has 0 spiro atoms. The van der Waals surface area contributed by atoms with Crippen molar-refractivity contribution in [1.82, 2.24) is 0 Å². The largest absolute Gasteiger partial charge is 0.355 e. The molecular formula is C14H23NO2S. The molecule has 0 bridgehead atoms. The van der Waals surface area contributed by atoms with Crippen LogP contribution in [0.3, 0.4) is 0 Å². The van der Waals surface area contributed by atoms with Crippen molar-refractivity contribution in [2.45, 2.75) is 44.9 Å². The van der Waals surface area contributed by atoms with E-state index in [9.17, 15) is 8.76 Å². The van der Waals surface area contributed by atoms with Gasteiger partial charge < -0.3 is 9.45 Å². The Balaban J connectivity index is 2.78. The lowest BCUT2D eigenvalue weighted by Crippen LogP contribution is -2.38. The Hall–Kier alpha value is -0.870. The quantitative estimate of drug-likeness (QED) is 0.578. The average molecular weight is 269 g/mol. The number of anilines is 1.